The summed E-state index contributed by atoms with van der Waals surface area (Å²) in [4.78, 5) is 14.5. The summed E-state index contributed by atoms with van der Waals surface area (Å²) in [6, 6.07) is 7.60. The Kier molecular flexibility index (Phi) is 5.13. The molecule has 0 radical (unpaired) electrons. The Hall–Kier alpha value is -0.710. The van der Waals surface area contributed by atoms with Crippen LogP contribution < -0.4 is 0 Å². The lowest BCUT2D eigenvalue weighted by molar-refractivity contribution is -0.0675. The first kappa shape index (κ1) is 14.7. The van der Waals surface area contributed by atoms with Gasteiger partial charge in [0.25, 0.3) is 0 Å². The monoisotopic (exact) mass is 325 g/mol. The van der Waals surface area contributed by atoms with Crippen molar-refractivity contribution in [1.29, 1.82) is 0 Å². The van der Waals surface area contributed by atoms with Gasteiger partial charge in [-0.1, -0.05) is 34.1 Å². The van der Waals surface area contributed by atoms with E-state index in [2.05, 4.69) is 34.7 Å². The van der Waals surface area contributed by atoms with E-state index in [0.717, 1.165) is 29.7 Å². The van der Waals surface area contributed by atoms with Crippen molar-refractivity contribution in [1.82, 2.24) is 4.90 Å². The standard InChI is InChI=1S/C15H20BrNO2/c1-11-9-17(10-12(2)19-11)8-7-15(18)13-5-3-4-6-14(13)16/h3-6,11-12H,7-10H2,1-2H3. The number of halogens is 1. The lowest BCUT2D eigenvalue weighted by atomic mass is 10.1. The first-order valence-electron chi connectivity index (χ1n) is 6.72. The molecule has 4 heteroatoms. The summed E-state index contributed by atoms with van der Waals surface area (Å²) in [5.41, 5.74) is 0.775. The SMILES string of the molecule is CC1CN(CCC(=O)c2ccccc2Br)CC(C)O1. The molecule has 3 nitrogen and oxygen atoms in total. The van der Waals surface area contributed by atoms with Gasteiger partial charge in [-0.2, -0.15) is 0 Å². The highest BCUT2D eigenvalue weighted by Gasteiger charge is 2.22. The van der Waals surface area contributed by atoms with E-state index in [1.54, 1.807) is 0 Å². The first-order valence-corrected chi connectivity index (χ1v) is 7.51. The fourth-order valence-electron chi connectivity index (χ4n) is 2.55. The molecule has 1 aliphatic rings. The molecule has 0 N–H and O–H groups in total. The number of Topliss-reactive ketones (excluding diaryl/α,β-unsaturated/α-hetero) is 1. The molecule has 2 rings (SSSR count). The van der Waals surface area contributed by atoms with Gasteiger partial charge in [0.1, 0.15) is 0 Å². The van der Waals surface area contributed by atoms with Crippen LogP contribution >= 0.6 is 15.9 Å². The summed E-state index contributed by atoms with van der Waals surface area (Å²) < 4.78 is 6.57. The van der Waals surface area contributed by atoms with Crippen LogP contribution in [0.2, 0.25) is 0 Å². The highest BCUT2D eigenvalue weighted by atomic mass is 79.9. The molecular formula is C15H20BrNO2. The van der Waals surface area contributed by atoms with E-state index in [4.69, 9.17) is 4.74 Å². The van der Waals surface area contributed by atoms with Crippen molar-refractivity contribution in [2.24, 2.45) is 0 Å². The third-order valence-corrected chi connectivity index (χ3v) is 4.02. The predicted octanol–water partition coefficient (Wildman–Crippen LogP) is 3.13. The smallest absolute Gasteiger partial charge is 0.165 e. The molecule has 1 aliphatic heterocycles. The van der Waals surface area contributed by atoms with Gasteiger partial charge in [0, 0.05) is 36.1 Å². The van der Waals surface area contributed by atoms with Crippen LogP contribution in [0.15, 0.2) is 28.7 Å². The summed E-state index contributed by atoms with van der Waals surface area (Å²) in [5, 5.41) is 0. The zero-order valence-electron chi connectivity index (χ0n) is 11.4. The Morgan fingerprint density at radius 2 is 1.95 bits per heavy atom. The van der Waals surface area contributed by atoms with E-state index in [1.165, 1.54) is 0 Å². The number of nitrogens with zero attached hydrogens (tertiary/aromatic N) is 1. The van der Waals surface area contributed by atoms with E-state index in [-0.39, 0.29) is 18.0 Å². The molecule has 0 aromatic heterocycles. The maximum atomic E-state index is 12.2. The van der Waals surface area contributed by atoms with Crippen LogP contribution in [0.4, 0.5) is 0 Å². The van der Waals surface area contributed by atoms with Crippen molar-refractivity contribution >= 4 is 21.7 Å². The number of hydrogen-bond acceptors (Lipinski definition) is 3. The number of carbonyl (C=O) groups is 1. The fraction of sp³-hybridized carbons (Fsp3) is 0.533. The van der Waals surface area contributed by atoms with Crippen LogP contribution in [0, 0.1) is 0 Å². The van der Waals surface area contributed by atoms with Gasteiger partial charge in [-0.25, -0.2) is 0 Å². The lowest BCUT2D eigenvalue weighted by Gasteiger charge is -2.35. The number of ketones is 1. The number of benzene rings is 1. The van der Waals surface area contributed by atoms with Gasteiger partial charge in [0.2, 0.25) is 0 Å². The van der Waals surface area contributed by atoms with Gasteiger partial charge < -0.3 is 4.74 Å². The quantitative estimate of drug-likeness (QED) is 0.796. The van der Waals surface area contributed by atoms with Crippen molar-refractivity contribution in [3.8, 4) is 0 Å². The number of carbonyl (C=O) groups excluding carboxylic acids is 1. The highest BCUT2D eigenvalue weighted by molar-refractivity contribution is 9.10. The molecular weight excluding hydrogens is 306 g/mol. The topological polar surface area (TPSA) is 29.5 Å². The van der Waals surface area contributed by atoms with Gasteiger partial charge in [0.05, 0.1) is 12.2 Å². The van der Waals surface area contributed by atoms with Gasteiger partial charge in [-0.15, -0.1) is 0 Å². The second-order valence-electron chi connectivity index (χ2n) is 5.17. The average molecular weight is 326 g/mol. The van der Waals surface area contributed by atoms with Gasteiger partial charge in [-0.3, -0.25) is 9.69 Å². The minimum absolute atomic E-state index is 0.194. The van der Waals surface area contributed by atoms with E-state index in [9.17, 15) is 4.79 Å². The Balaban J connectivity index is 1.89. The average Bonchev–Trinajstić information content (AvgIpc) is 2.35. The number of morpholine rings is 1. The zero-order chi connectivity index (χ0) is 13.8. The van der Waals surface area contributed by atoms with Crippen molar-refractivity contribution < 1.29 is 9.53 Å². The Morgan fingerprint density at radius 3 is 2.58 bits per heavy atom. The van der Waals surface area contributed by atoms with Gasteiger partial charge in [0.15, 0.2) is 5.78 Å². The Labute approximate surface area is 123 Å². The van der Waals surface area contributed by atoms with E-state index in [0.29, 0.717) is 6.42 Å². The molecule has 0 aliphatic carbocycles. The molecule has 2 unspecified atom stereocenters. The lowest BCUT2D eigenvalue weighted by Crippen LogP contribution is -2.46. The third-order valence-electron chi connectivity index (χ3n) is 3.32. The third kappa shape index (κ3) is 4.13. The van der Waals surface area contributed by atoms with Gasteiger partial charge in [-0.05, 0) is 19.9 Å². The Bertz CT molecular complexity index is 440. The second kappa shape index (κ2) is 6.64. The Morgan fingerprint density at radius 1 is 1.32 bits per heavy atom. The summed E-state index contributed by atoms with van der Waals surface area (Å²) in [6.45, 7) is 6.79. The van der Waals surface area contributed by atoms with Crippen LogP contribution in [0.25, 0.3) is 0 Å². The molecule has 1 fully saturated rings. The second-order valence-corrected chi connectivity index (χ2v) is 6.02. The highest BCUT2D eigenvalue weighted by Crippen LogP contribution is 2.18. The largest absolute Gasteiger partial charge is 0.373 e. The van der Waals surface area contributed by atoms with Gasteiger partial charge >= 0.3 is 0 Å². The van der Waals surface area contributed by atoms with Crippen LogP contribution in [-0.4, -0.2) is 42.5 Å². The van der Waals surface area contributed by atoms with Crippen LogP contribution in [0.3, 0.4) is 0 Å². The molecule has 104 valence electrons. The van der Waals surface area contributed by atoms with Crippen molar-refractivity contribution in [2.75, 3.05) is 19.6 Å². The van der Waals surface area contributed by atoms with Crippen molar-refractivity contribution in [3.63, 3.8) is 0 Å². The van der Waals surface area contributed by atoms with Crippen molar-refractivity contribution in [3.05, 3.63) is 34.3 Å². The molecule has 19 heavy (non-hydrogen) atoms. The molecule has 0 spiro atoms. The number of rotatable bonds is 4. The molecule has 1 heterocycles. The normalized spacial score (nSPS) is 24.4. The molecule has 0 amide bonds. The molecule has 1 aromatic rings. The molecule has 1 aromatic carbocycles. The first-order chi connectivity index (χ1) is 9.06. The van der Waals surface area contributed by atoms with Crippen LogP contribution in [0.5, 0.6) is 0 Å². The number of ether oxygens (including phenoxy) is 1. The van der Waals surface area contributed by atoms with Crippen LogP contribution in [-0.2, 0) is 4.74 Å². The summed E-state index contributed by atoms with van der Waals surface area (Å²) in [6.07, 6.45) is 1.06. The predicted molar refractivity (Wildman–Crippen MR) is 79.5 cm³/mol. The van der Waals surface area contributed by atoms with E-state index < -0.39 is 0 Å². The minimum Gasteiger partial charge on any atom is -0.373 e. The maximum Gasteiger partial charge on any atom is 0.165 e. The fourth-order valence-corrected chi connectivity index (χ4v) is 3.05. The van der Waals surface area contributed by atoms with Crippen LogP contribution in [0.1, 0.15) is 30.6 Å². The molecule has 1 saturated heterocycles. The summed E-state index contributed by atoms with van der Waals surface area (Å²) in [5.74, 6) is 0.194. The van der Waals surface area contributed by atoms with E-state index in [1.807, 2.05) is 24.3 Å². The molecule has 2 atom stereocenters. The zero-order valence-corrected chi connectivity index (χ0v) is 13.0. The van der Waals surface area contributed by atoms with E-state index >= 15 is 0 Å². The minimum atomic E-state index is 0.194. The maximum absolute atomic E-state index is 12.2. The number of hydrogen-bond donors (Lipinski definition) is 0. The summed E-state index contributed by atoms with van der Waals surface area (Å²) in [7, 11) is 0. The molecule has 0 bridgehead atoms. The molecule has 0 saturated carbocycles. The van der Waals surface area contributed by atoms with Crippen molar-refractivity contribution in [2.45, 2.75) is 32.5 Å². The summed E-state index contributed by atoms with van der Waals surface area (Å²) >= 11 is 3.43.